The highest BCUT2D eigenvalue weighted by molar-refractivity contribution is 7.93. The predicted octanol–water partition coefficient (Wildman–Crippen LogP) is 2.87. The summed E-state index contributed by atoms with van der Waals surface area (Å²) in [6.07, 6.45) is 3.64. The maximum atomic E-state index is 12.1. The molecule has 2 aromatic heterocycles. The monoisotopic (exact) mass is 358 g/mol. The van der Waals surface area contributed by atoms with Crippen LogP contribution in [-0.4, -0.2) is 28.8 Å². The van der Waals surface area contributed by atoms with E-state index in [0.717, 1.165) is 11.1 Å². The summed E-state index contributed by atoms with van der Waals surface area (Å²) in [5.74, 6) is 0.846. The number of anilines is 1. The molecule has 8 heteroatoms. The van der Waals surface area contributed by atoms with Gasteiger partial charge in [0.25, 0.3) is 0 Å². The van der Waals surface area contributed by atoms with E-state index in [0.29, 0.717) is 23.8 Å². The summed E-state index contributed by atoms with van der Waals surface area (Å²) in [6, 6.07) is 10.8. The van der Waals surface area contributed by atoms with E-state index >= 15 is 0 Å². The fourth-order valence-corrected chi connectivity index (χ4v) is 2.89. The Balaban J connectivity index is 1.84. The Morgan fingerprint density at radius 2 is 1.96 bits per heavy atom. The molecule has 0 amide bonds. The second-order valence-corrected chi connectivity index (χ2v) is 8.02. The Bertz CT molecular complexity index is 953. The Labute approximate surface area is 146 Å². The summed E-state index contributed by atoms with van der Waals surface area (Å²) < 4.78 is 32.2. The molecule has 0 aliphatic heterocycles. The number of sulfonamides is 1. The van der Waals surface area contributed by atoms with Crippen molar-refractivity contribution in [2.24, 2.45) is 0 Å². The van der Waals surface area contributed by atoms with Crippen molar-refractivity contribution in [3.63, 3.8) is 0 Å². The van der Waals surface area contributed by atoms with Gasteiger partial charge in [-0.2, -0.15) is 4.98 Å². The van der Waals surface area contributed by atoms with Crippen LogP contribution in [0.3, 0.4) is 0 Å². The van der Waals surface area contributed by atoms with Crippen LogP contribution in [0, 0.1) is 0 Å². The molecule has 1 N–H and O–H groups in total. The van der Waals surface area contributed by atoms with Crippen molar-refractivity contribution >= 4 is 15.7 Å². The third kappa shape index (κ3) is 4.03. The van der Waals surface area contributed by atoms with Gasteiger partial charge >= 0.3 is 0 Å². The van der Waals surface area contributed by atoms with E-state index in [1.165, 1.54) is 0 Å². The highest BCUT2D eigenvalue weighted by Crippen LogP contribution is 2.22. The lowest BCUT2D eigenvalue weighted by Gasteiger charge is -2.13. The van der Waals surface area contributed by atoms with Gasteiger partial charge in [0.05, 0.1) is 17.4 Å². The third-order valence-corrected chi connectivity index (χ3v) is 5.37. The first-order valence-electron chi connectivity index (χ1n) is 7.78. The van der Waals surface area contributed by atoms with Crippen molar-refractivity contribution in [2.45, 2.75) is 25.5 Å². The number of nitrogens with zero attached hydrogens (tertiary/aromatic N) is 3. The average molecular weight is 358 g/mol. The van der Waals surface area contributed by atoms with Crippen molar-refractivity contribution in [3.05, 3.63) is 60.2 Å². The second kappa shape index (κ2) is 7.02. The van der Waals surface area contributed by atoms with Gasteiger partial charge < -0.3 is 4.52 Å². The van der Waals surface area contributed by atoms with Gasteiger partial charge in [0.1, 0.15) is 0 Å². The Hall–Kier alpha value is -2.74. The molecule has 0 fully saturated rings. The van der Waals surface area contributed by atoms with E-state index in [1.54, 1.807) is 44.4 Å². The lowest BCUT2D eigenvalue weighted by Crippen LogP contribution is -2.23. The van der Waals surface area contributed by atoms with Gasteiger partial charge in [-0.25, -0.2) is 8.42 Å². The van der Waals surface area contributed by atoms with E-state index in [1.807, 2.05) is 18.2 Å². The molecular formula is C17H18N4O3S. The molecule has 0 aliphatic rings. The van der Waals surface area contributed by atoms with Crippen molar-refractivity contribution in [2.75, 3.05) is 4.72 Å². The number of aromatic nitrogens is 3. The van der Waals surface area contributed by atoms with Crippen LogP contribution in [0.4, 0.5) is 5.69 Å². The van der Waals surface area contributed by atoms with Crippen LogP contribution in [0.5, 0.6) is 0 Å². The molecule has 0 atom stereocenters. The molecule has 0 aliphatic carbocycles. The molecule has 0 spiro atoms. The van der Waals surface area contributed by atoms with Gasteiger partial charge in [-0.05, 0) is 37.6 Å². The normalized spacial score (nSPS) is 11.6. The van der Waals surface area contributed by atoms with E-state index in [-0.39, 0.29) is 0 Å². The van der Waals surface area contributed by atoms with Crippen molar-refractivity contribution in [3.8, 4) is 11.4 Å². The first kappa shape index (κ1) is 17.1. The molecule has 0 saturated heterocycles. The lowest BCUT2D eigenvalue weighted by atomic mass is 10.1. The molecule has 0 unspecified atom stereocenters. The minimum atomic E-state index is -3.43. The van der Waals surface area contributed by atoms with Crippen LogP contribution in [-0.2, 0) is 16.4 Å². The Morgan fingerprint density at radius 1 is 1.16 bits per heavy atom. The minimum absolute atomic E-state index is 0.323. The molecule has 2 heterocycles. The number of rotatable bonds is 6. The summed E-state index contributed by atoms with van der Waals surface area (Å²) in [4.78, 5) is 8.38. The Morgan fingerprint density at radius 3 is 2.68 bits per heavy atom. The zero-order valence-electron chi connectivity index (χ0n) is 13.9. The van der Waals surface area contributed by atoms with Crippen molar-refractivity contribution < 1.29 is 12.9 Å². The fourth-order valence-electron chi connectivity index (χ4n) is 2.15. The first-order chi connectivity index (χ1) is 12.0. The number of hydrogen-bond acceptors (Lipinski definition) is 6. The largest absolute Gasteiger partial charge is 0.339 e. The van der Waals surface area contributed by atoms with E-state index < -0.39 is 15.3 Å². The highest BCUT2D eigenvalue weighted by Gasteiger charge is 2.18. The van der Waals surface area contributed by atoms with Crippen LogP contribution < -0.4 is 4.72 Å². The second-order valence-electron chi connectivity index (χ2n) is 5.78. The quantitative estimate of drug-likeness (QED) is 0.727. The molecule has 0 radical (unpaired) electrons. The molecule has 25 heavy (non-hydrogen) atoms. The standard InChI is InChI=1S/C17H18N4O3S/c1-12(2)25(22,23)21-15-8-4-3-6-13(15)10-16-19-17(20-24-16)14-7-5-9-18-11-14/h3-9,11-12,21H,10H2,1-2H3. The summed E-state index contributed by atoms with van der Waals surface area (Å²) >= 11 is 0. The number of pyridine rings is 1. The molecular weight excluding hydrogens is 340 g/mol. The maximum Gasteiger partial charge on any atom is 0.235 e. The summed E-state index contributed by atoms with van der Waals surface area (Å²) in [7, 11) is -3.43. The van der Waals surface area contributed by atoms with Gasteiger partial charge in [0, 0.05) is 18.0 Å². The first-order valence-corrected chi connectivity index (χ1v) is 9.33. The van der Waals surface area contributed by atoms with Crippen molar-refractivity contribution in [1.29, 1.82) is 0 Å². The van der Waals surface area contributed by atoms with Gasteiger partial charge in [-0.1, -0.05) is 23.4 Å². The molecule has 130 valence electrons. The van der Waals surface area contributed by atoms with Crippen LogP contribution in [0.15, 0.2) is 53.3 Å². The maximum absolute atomic E-state index is 12.1. The molecule has 0 bridgehead atoms. The van der Waals surface area contributed by atoms with Gasteiger partial charge in [0.2, 0.25) is 21.7 Å². The molecule has 7 nitrogen and oxygen atoms in total. The number of nitrogens with one attached hydrogen (secondary N) is 1. The molecule has 3 aromatic rings. The zero-order valence-corrected chi connectivity index (χ0v) is 14.7. The average Bonchev–Trinajstić information content (AvgIpc) is 3.06. The SMILES string of the molecule is CC(C)S(=O)(=O)Nc1ccccc1Cc1nc(-c2cccnc2)no1. The fraction of sp³-hybridized carbons (Fsp3) is 0.235. The molecule has 3 rings (SSSR count). The van der Waals surface area contributed by atoms with Crippen molar-refractivity contribution in [1.82, 2.24) is 15.1 Å². The minimum Gasteiger partial charge on any atom is -0.339 e. The summed E-state index contributed by atoms with van der Waals surface area (Å²) in [5, 5.41) is 3.42. The van der Waals surface area contributed by atoms with E-state index in [2.05, 4.69) is 19.8 Å². The topological polar surface area (TPSA) is 98.0 Å². The molecule has 1 aromatic carbocycles. The van der Waals surface area contributed by atoms with Crippen LogP contribution in [0.1, 0.15) is 25.3 Å². The van der Waals surface area contributed by atoms with E-state index in [4.69, 9.17) is 4.52 Å². The number of benzene rings is 1. The third-order valence-electron chi connectivity index (χ3n) is 3.62. The molecule has 0 saturated carbocycles. The van der Waals surface area contributed by atoms with Crippen LogP contribution in [0.25, 0.3) is 11.4 Å². The number of hydrogen-bond donors (Lipinski definition) is 1. The van der Waals surface area contributed by atoms with Crippen LogP contribution in [0.2, 0.25) is 0 Å². The smallest absolute Gasteiger partial charge is 0.235 e. The van der Waals surface area contributed by atoms with E-state index in [9.17, 15) is 8.42 Å². The summed E-state index contributed by atoms with van der Waals surface area (Å²) in [6.45, 7) is 3.26. The lowest BCUT2D eigenvalue weighted by molar-refractivity contribution is 0.386. The summed E-state index contributed by atoms with van der Waals surface area (Å²) in [5.41, 5.74) is 2.02. The van der Waals surface area contributed by atoms with Gasteiger partial charge in [-0.3, -0.25) is 9.71 Å². The predicted molar refractivity (Wildman–Crippen MR) is 94.5 cm³/mol. The van der Waals surface area contributed by atoms with Gasteiger partial charge in [0.15, 0.2) is 0 Å². The zero-order chi connectivity index (χ0) is 17.9. The highest BCUT2D eigenvalue weighted by atomic mass is 32.2. The number of para-hydroxylation sites is 1. The Kier molecular flexibility index (Phi) is 4.80. The van der Waals surface area contributed by atoms with Crippen LogP contribution >= 0.6 is 0 Å². The van der Waals surface area contributed by atoms with Gasteiger partial charge in [-0.15, -0.1) is 0 Å².